The van der Waals surface area contributed by atoms with E-state index in [9.17, 15) is 4.79 Å². The fraction of sp³-hybridized carbons (Fsp3) is 0.529. The van der Waals surface area contributed by atoms with Gasteiger partial charge in [-0.3, -0.25) is 4.79 Å². The molecule has 6 heteroatoms. The van der Waals surface area contributed by atoms with Gasteiger partial charge in [0.05, 0.1) is 12.2 Å². The van der Waals surface area contributed by atoms with Gasteiger partial charge in [0.1, 0.15) is 11.6 Å². The van der Waals surface area contributed by atoms with E-state index in [2.05, 4.69) is 28.8 Å². The van der Waals surface area contributed by atoms with Crippen LogP contribution in [-0.4, -0.2) is 30.3 Å². The Morgan fingerprint density at radius 2 is 2.13 bits per heavy atom. The standard InChI is InChI=1S/C17H23N5O/c1-12(2)8-16-19-9-14-10-22(11-15(14)20-16)17(23)4-6-21-7-5-18-13(21)3/h5,7,9,12H,4,6,8,10-11H2,1-3H3. The highest BCUT2D eigenvalue weighted by Crippen LogP contribution is 2.21. The molecule has 0 bridgehead atoms. The lowest BCUT2D eigenvalue weighted by Crippen LogP contribution is -2.26. The molecule has 23 heavy (non-hydrogen) atoms. The summed E-state index contributed by atoms with van der Waals surface area (Å²) in [4.78, 5) is 27.5. The van der Waals surface area contributed by atoms with Crippen LogP contribution in [0.25, 0.3) is 0 Å². The molecule has 6 nitrogen and oxygen atoms in total. The summed E-state index contributed by atoms with van der Waals surface area (Å²) in [7, 11) is 0. The lowest BCUT2D eigenvalue weighted by Gasteiger charge is -2.15. The molecule has 0 radical (unpaired) electrons. The van der Waals surface area contributed by atoms with Crippen LogP contribution in [0.1, 0.15) is 43.2 Å². The van der Waals surface area contributed by atoms with Gasteiger partial charge in [0.15, 0.2) is 0 Å². The van der Waals surface area contributed by atoms with Gasteiger partial charge in [-0.25, -0.2) is 15.0 Å². The summed E-state index contributed by atoms with van der Waals surface area (Å²) in [6, 6.07) is 0. The predicted octanol–water partition coefficient (Wildman–Crippen LogP) is 2.11. The van der Waals surface area contributed by atoms with Gasteiger partial charge in [-0.15, -0.1) is 0 Å². The number of carbonyl (C=O) groups is 1. The predicted molar refractivity (Wildman–Crippen MR) is 86.4 cm³/mol. The normalized spacial score (nSPS) is 13.7. The molecule has 0 saturated carbocycles. The number of hydrogen-bond acceptors (Lipinski definition) is 4. The number of aromatic nitrogens is 4. The number of aryl methyl sites for hydroxylation is 2. The van der Waals surface area contributed by atoms with Crippen molar-refractivity contribution in [3.05, 3.63) is 41.5 Å². The number of fused-ring (bicyclic) bond motifs is 1. The van der Waals surface area contributed by atoms with Crippen LogP contribution < -0.4 is 0 Å². The van der Waals surface area contributed by atoms with E-state index in [0.29, 0.717) is 32.0 Å². The Bertz CT molecular complexity index is 707. The lowest BCUT2D eigenvalue weighted by atomic mass is 10.1. The number of imidazole rings is 1. The van der Waals surface area contributed by atoms with Crippen molar-refractivity contribution in [1.29, 1.82) is 0 Å². The lowest BCUT2D eigenvalue weighted by molar-refractivity contribution is -0.132. The molecule has 0 unspecified atom stereocenters. The van der Waals surface area contributed by atoms with Crippen LogP contribution in [0.2, 0.25) is 0 Å². The van der Waals surface area contributed by atoms with E-state index >= 15 is 0 Å². The maximum atomic E-state index is 12.4. The molecule has 3 heterocycles. The fourth-order valence-electron chi connectivity index (χ4n) is 2.85. The summed E-state index contributed by atoms with van der Waals surface area (Å²) in [5.41, 5.74) is 2.08. The zero-order chi connectivity index (χ0) is 16.4. The molecule has 0 fully saturated rings. The Morgan fingerprint density at radius 1 is 1.30 bits per heavy atom. The van der Waals surface area contributed by atoms with Gasteiger partial charge in [0.2, 0.25) is 5.91 Å². The summed E-state index contributed by atoms with van der Waals surface area (Å²) >= 11 is 0. The summed E-state index contributed by atoms with van der Waals surface area (Å²) in [5, 5.41) is 0. The third-order valence-corrected chi connectivity index (χ3v) is 4.14. The Hall–Kier alpha value is -2.24. The molecule has 3 rings (SSSR count). The van der Waals surface area contributed by atoms with Gasteiger partial charge in [0, 0.05) is 50.1 Å². The maximum absolute atomic E-state index is 12.4. The maximum Gasteiger partial charge on any atom is 0.225 e. The molecule has 0 spiro atoms. The van der Waals surface area contributed by atoms with Gasteiger partial charge in [-0.1, -0.05) is 13.8 Å². The summed E-state index contributed by atoms with van der Waals surface area (Å²) in [6.45, 7) is 8.16. The Morgan fingerprint density at radius 3 is 2.83 bits per heavy atom. The minimum absolute atomic E-state index is 0.154. The molecule has 2 aromatic heterocycles. The van der Waals surface area contributed by atoms with Crippen molar-refractivity contribution in [2.24, 2.45) is 5.92 Å². The number of hydrogen-bond donors (Lipinski definition) is 0. The molecule has 0 atom stereocenters. The number of rotatable bonds is 5. The average Bonchev–Trinajstić information content (AvgIpc) is 3.09. The van der Waals surface area contributed by atoms with Crippen molar-refractivity contribution in [1.82, 2.24) is 24.4 Å². The van der Waals surface area contributed by atoms with Crippen LogP contribution in [0.5, 0.6) is 0 Å². The first kappa shape index (κ1) is 15.6. The topological polar surface area (TPSA) is 63.9 Å². The summed E-state index contributed by atoms with van der Waals surface area (Å²) in [6.07, 6.45) is 6.91. The largest absolute Gasteiger partial charge is 0.335 e. The van der Waals surface area contributed by atoms with Crippen molar-refractivity contribution in [3.63, 3.8) is 0 Å². The first-order valence-corrected chi connectivity index (χ1v) is 8.12. The van der Waals surface area contributed by atoms with E-state index in [1.54, 1.807) is 6.20 Å². The molecule has 1 aliphatic rings. The Balaban J connectivity index is 1.60. The zero-order valence-corrected chi connectivity index (χ0v) is 14.0. The van der Waals surface area contributed by atoms with Crippen LogP contribution in [0.4, 0.5) is 0 Å². The highest BCUT2D eigenvalue weighted by molar-refractivity contribution is 5.76. The first-order valence-electron chi connectivity index (χ1n) is 8.12. The highest BCUT2D eigenvalue weighted by Gasteiger charge is 2.25. The quantitative estimate of drug-likeness (QED) is 0.848. The minimum atomic E-state index is 0.154. The molecule has 0 aromatic carbocycles. The van der Waals surface area contributed by atoms with Crippen molar-refractivity contribution in [2.75, 3.05) is 0 Å². The zero-order valence-electron chi connectivity index (χ0n) is 14.0. The second-order valence-corrected chi connectivity index (χ2v) is 6.52. The average molecular weight is 313 g/mol. The van der Waals surface area contributed by atoms with Crippen LogP contribution in [-0.2, 0) is 30.8 Å². The SMILES string of the molecule is Cc1nccn1CCC(=O)N1Cc2cnc(CC(C)C)nc2C1. The molecular formula is C17H23N5O. The Kier molecular flexibility index (Phi) is 4.41. The van der Waals surface area contributed by atoms with Crippen LogP contribution in [0.3, 0.4) is 0 Å². The Labute approximate surface area is 136 Å². The van der Waals surface area contributed by atoms with E-state index in [1.165, 1.54) is 0 Å². The molecule has 0 saturated heterocycles. The molecular weight excluding hydrogens is 290 g/mol. The number of amides is 1. The molecule has 2 aromatic rings. The van der Waals surface area contributed by atoms with E-state index in [-0.39, 0.29) is 5.91 Å². The monoisotopic (exact) mass is 313 g/mol. The van der Waals surface area contributed by atoms with Gasteiger partial charge in [0.25, 0.3) is 0 Å². The number of nitrogens with zero attached hydrogens (tertiary/aromatic N) is 5. The third kappa shape index (κ3) is 3.57. The van der Waals surface area contributed by atoms with Crippen molar-refractivity contribution in [2.45, 2.75) is 53.2 Å². The van der Waals surface area contributed by atoms with Gasteiger partial charge >= 0.3 is 0 Å². The van der Waals surface area contributed by atoms with Crippen LogP contribution >= 0.6 is 0 Å². The molecule has 1 aliphatic heterocycles. The summed E-state index contributed by atoms with van der Waals surface area (Å²) < 4.78 is 2.00. The summed E-state index contributed by atoms with van der Waals surface area (Å²) in [5.74, 6) is 2.50. The van der Waals surface area contributed by atoms with Crippen LogP contribution in [0, 0.1) is 12.8 Å². The van der Waals surface area contributed by atoms with Crippen LogP contribution in [0.15, 0.2) is 18.6 Å². The van der Waals surface area contributed by atoms with Crippen molar-refractivity contribution < 1.29 is 4.79 Å². The van der Waals surface area contributed by atoms with E-state index in [1.807, 2.05) is 28.8 Å². The smallest absolute Gasteiger partial charge is 0.225 e. The molecule has 1 amide bonds. The highest BCUT2D eigenvalue weighted by atomic mass is 16.2. The van der Waals surface area contributed by atoms with Crippen molar-refractivity contribution >= 4 is 5.91 Å². The second-order valence-electron chi connectivity index (χ2n) is 6.52. The van der Waals surface area contributed by atoms with E-state index in [4.69, 9.17) is 0 Å². The van der Waals surface area contributed by atoms with Gasteiger partial charge < -0.3 is 9.47 Å². The number of carbonyl (C=O) groups excluding carboxylic acids is 1. The van der Waals surface area contributed by atoms with Crippen molar-refractivity contribution in [3.8, 4) is 0 Å². The van der Waals surface area contributed by atoms with E-state index in [0.717, 1.165) is 29.3 Å². The second kappa shape index (κ2) is 6.48. The fourth-order valence-corrected chi connectivity index (χ4v) is 2.85. The molecule has 0 N–H and O–H groups in total. The van der Waals surface area contributed by atoms with Gasteiger partial charge in [-0.2, -0.15) is 0 Å². The van der Waals surface area contributed by atoms with Gasteiger partial charge in [-0.05, 0) is 12.8 Å². The van der Waals surface area contributed by atoms with E-state index < -0.39 is 0 Å². The molecule has 0 aliphatic carbocycles. The first-order chi connectivity index (χ1) is 11.0. The minimum Gasteiger partial charge on any atom is -0.335 e. The third-order valence-electron chi connectivity index (χ3n) is 4.14. The molecule has 122 valence electrons.